The molecule has 2 atom stereocenters. The van der Waals surface area contributed by atoms with E-state index < -0.39 is 0 Å². The van der Waals surface area contributed by atoms with E-state index in [-0.39, 0.29) is 5.91 Å². The number of nitrogens with zero attached hydrogens (tertiary/aromatic N) is 4. The van der Waals surface area contributed by atoms with Crippen LogP contribution in [0.1, 0.15) is 29.2 Å². The number of hydrogen-bond donors (Lipinski definition) is 0. The highest BCUT2D eigenvalue weighted by Gasteiger charge is 2.46. The fourth-order valence-electron chi connectivity index (χ4n) is 3.77. The third kappa shape index (κ3) is 2.88. The van der Waals surface area contributed by atoms with Crippen molar-refractivity contribution in [2.45, 2.75) is 44.9 Å². The van der Waals surface area contributed by atoms with Gasteiger partial charge in [-0.05, 0) is 25.5 Å². The van der Waals surface area contributed by atoms with E-state index in [1.807, 2.05) is 30.2 Å². The number of thiazole rings is 1. The van der Waals surface area contributed by atoms with E-state index in [9.17, 15) is 4.79 Å². The van der Waals surface area contributed by atoms with E-state index in [1.165, 1.54) is 0 Å². The van der Waals surface area contributed by atoms with Gasteiger partial charge in [0.15, 0.2) is 0 Å². The van der Waals surface area contributed by atoms with Gasteiger partial charge in [0, 0.05) is 43.2 Å². The maximum absolute atomic E-state index is 12.5. The van der Waals surface area contributed by atoms with Crippen LogP contribution in [-0.4, -0.2) is 44.3 Å². The van der Waals surface area contributed by atoms with Crippen LogP contribution in [0.5, 0.6) is 0 Å². The molecule has 120 valence electrons. The number of pyridine rings is 1. The number of aromatic nitrogens is 2. The van der Waals surface area contributed by atoms with Crippen LogP contribution < -0.4 is 0 Å². The average molecular weight is 328 g/mol. The average Bonchev–Trinajstić information content (AvgIpc) is 3.21. The van der Waals surface area contributed by atoms with Crippen LogP contribution in [0.2, 0.25) is 0 Å². The summed E-state index contributed by atoms with van der Waals surface area (Å²) in [5.74, 6) is 0.261. The van der Waals surface area contributed by atoms with Gasteiger partial charge in [0.2, 0.25) is 5.91 Å². The molecule has 0 spiro atoms. The van der Waals surface area contributed by atoms with Crippen molar-refractivity contribution < 1.29 is 4.79 Å². The van der Waals surface area contributed by atoms with Crippen LogP contribution in [-0.2, 0) is 17.9 Å². The third-order valence-corrected chi connectivity index (χ3v) is 5.64. The van der Waals surface area contributed by atoms with Gasteiger partial charge in [0.1, 0.15) is 0 Å². The van der Waals surface area contributed by atoms with Crippen molar-refractivity contribution in [3.05, 3.63) is 46.2 Å². The summed E-state index contributed by atoms with van der Waals surface area (Å²) in [5.41, 5.74) is 2.10. The van der Waals surface area contributed by atoms with Crippen molar-refractivity contribution in [2.24, 2.45) is 0 Å². The molecular formula is C17H20N4OS. The first-order valence-corrected chi connectivity index (χ1v) is 8.93. The van der Waals surface area contributed by atoms with Crippen molar-refractivity contribution in [2.75, 3.05) is 6.54 Å². The van der Waals surface area contributed by atoms with E-state index in [1.54, 1.807) is 11.3 Å². The summed E-state index contributed by atoms with van der Waals surface area (Å²) >= 11 is 1.65. The molecule has 2 aliphatic heterocycles. The highest BCUT2D eigenvalue weighted by molar-refractivity contribution is 7.09. The molecule has 0 bridgehead atoms. The Balaban J connectivity index is 1.46. The van der Waals surface area contributed by atoms with Gasteiger partial charge in [0.25, 0.3) is 0 Å². The van der Waals surface area contributed by atoms with E-state index in [0.29, 0.717) is 25.0 Å². The van der Waals surface area contributed by atoms with Crippen molar-refractivity contribution in [3.8, 4) is 0 Å². The van der Waals surface area contributed by atoms with Crippen molar-refractivity contribution >= 4 is 17.2 Å². The Bertz CT molecular complexity index is 702. The maximum atomic E-state index is 12.5. The van der Waals surface area contributed by atoms with Crippen LogP contribution in [0.25, 0.3) is 0 Å². The first-order chi connectivity index (χ1) is 11.2. The zero-order valence-corrected chi connectivity index (χ0v) is 14.0. The summed E-state index contributed by atoms with van der Waals surface area (Å²) in [6.45, 7) is 4.53. The van der Waals surface area contributed by atoms with Crippen molar-refractivity contribution in [1.82, 2.24) is 19.8 Å². The maximum Gasteiger partial charge on any atom is 0.224 e. The van der Waals surface area contributed by atoms with E-state index in [2.05, 4.69) is 26.3 Å². The molecule has 0 radical (unpaired) electrons. The number of carbonyl (C=O) groups excluding carboxylic acids is 1. The number of aryl methyl sites for hydroxylation is 1. The summed E-state index contributed by atoms with van der Waals surface area (Å²) in [6, 6.07) is 6.66. The third-order valence-electron chi connectivity index (χ3n) is 4.82. The Kier molecular flexibility index (Phi) is 3.87. The number of amides is 1. The molecule has 23 heavy (non-hydrogen) atoms. The number of rotatable bonds is 4. The second kappa shape index (κ2) is 6.02. The van der Waals surface area contributed by atoms with Gasteiger partial charge in [-0.3, -0.25) is 14.7 Å². The molecule has 0 saturated carbocycles. The standard InChI is InChI=1S/C17H20N4OS/c1-12-19-14(11-23-12)10-21-15-5-7-20(16(15)8-17(21)22)9-13-4-2-3-6-18-13/h2-4,6,11,15-16H,5,7-10H2,1H3/t15-,16+/m1/s1. The summed E-state index contributed by atoms with van der Waals surface area (Å²) < 4.78 is 0. The minimum Gasteiger partial charge on any atom is -0.332 e. The van der Waals surface area contributed by atoms with Crippen LogP contribution in [0.15, 0.2) is 29.8 Å². The number of hydrogen-bond acceptors (Lipinski definition) is 5. The molecule has 2 aromatic rings. The molecule has 2 saturated heterocycles. The van der Waals surface area contributed by atoms with Crippen LogP contribution in [0.4, 0.5) is 0 Å². The van der Waals surface area contributed by atoms with Crippen LogP contribution in [0, 0.1) is 6.92 Å². The Hall–Kier alpha value is -1.79. The second-order valence-electron chi connectivity index (χ2n) is 6.30. The zero-order valence-electron chi connectivity index (χ0n) is 13.2. The molecule has 6 heteroatoms. The molecule has 0 unspecified atom stereocenters. The van der Waals surface area contributed by atoms with Gasteiger partial charge in [-0.15, -0.1) is 11.3 Å². The Morgan fingerprint density at radius 3 is 2.91 bits per heavy atom. The molecule has 0 N–H and O–H groups in total. The highest BCUT2D eigenvalue weighted by atomic mass is 32.1. The van der Waals surface area contributed by atoms with Crippen LogP contribution >= 0.6 is 11.3 Å². The molecule has 4 heterocycles. The molecule has 5 nitrogen and oxygen atoms in total. The molecule has 0 aliphatic carbocycles. The molecule has 1 amide bonds. The largest absolute Gasteiger partial charge is 0.332 e. The molecule has 0 aromatic carbocycles. The fourth-order valence-corrected chi connectivity index (χ4v) is 4.37. The number of carbonyl (C=O) groups is 1. The van der Waals surface area contributed by atoms with Crippen molar-refractivity contribution in [3.63, 3.8) is 0 Å². The SMILES string of the molecule is Cc1nc(CN2C(=O)C[C@H]3[C@H]2CCN3Cc2ccccn2)cs1. The first kappa shape index (κ1) is 14.8. The number of fused-ring (bicyclic) bond motifs is 1. The van der Waals surface area contributed by atoms with Gasteiger partial charge < -0.3 is 4.90 Å². The van der Waals surface area contributed by atoms with Crippen molar-refractivity contribution in [1.29, 1.82) is 0 Å². The molecule has 2 aromatic heterocycles. The molecule has 2 aliphatic rings. The van der Waals surface area contributed by atoms with Gasteiger partial charge in [-0.25, -0.2) is 4.98 Å². The molecular weight excluding hydrogens is 308 g/mol. The van der Waals surface area contributed by atoms with Gasteiger partial charge in [0.05, 0.1) is 22.9 Å². The van der Waals surface area contributed by atoms with Gasteiger partial charge >= 0.3 is 0 Å². The normalized spacial score (nSPS) is 24.4. The topological polar surface area (TPSA) is 49.3 Å². The molecule has 4 rings (SSSR count). The minimum absolute atomic E-state index is 0.261. The summed E-state index contributed by atoms with van der Waals surface area (Å²) in [7, 11) is 0. The predicted octanol–water partition coefficient (Wildman–Crippen LogP) is 2.22. The highest BCUT2D eigenvalue weighted by Crippen LogP contribution is 2.34. The monoisotopic (exact) mass is 328 g/mol. The lowest BCUT2D eigenvalue weighted by atomic mass is 10.1. The first-order valence-electron chi connectivity index (χ1n) is 8.05. The smallest absolute Gasteiger partial charge is 0.224 e. The Morgan fingerprint density at radius 1 is 1.26 bits per heavy atom. The Labute approximate surface area is 140 Å². The fraction of sp³-hybridized carbons (Fsp3) is 0.471. The Morgan fingerprint density at radius 2 is 2.17 bits per heavy atom. The van der Waals surface area contributed by atoms with Crippen LogP contribution in [0.3, 0.4) is 0 Å². The van der Waals surface area contributed by atoms with Gasteiger partial charge in [-0.2, -0.15) is 0 Å². The lowest BCUT2D eigenvalue weighted by Crippen LogP contribution is -2.36. The summed E-state index contributed by atoms with van der Waals surface area (Å²) in [6.07, 6.45) is 3.51. The van der Waals surface area contributed by atoms with Gasteiger partial charge in [-0.1, -0.05) is 6.07 Å². The summed E-state index contributed by atoms with van der Waals surface area (Å²) in [4.78, 5) is 25.8. The lowest BCUT2D eigenvalue weighted by molar-refractivity contribution is -0.129. The number of likely N-dealkylation sites (tertiary alicyclic amines) is 2. The lowest BCUT2D eigenvalue weighted by Gasteiger charge is -2.24. The van der Waals surface area contributed by atoms with E-state index in [4.69, 9.17) is 0 Å². The summed E-state index contributed by atoms with van der Waals surface area (Å²) in [5, 5.41) is 3.13. The van der Waals surface area contributed by atoms with E-state index in [0.717, 1.165) is 35.9 Å². The molecule has 2 fully saturated rings. The zero-order chi connectivity index (χ0) is 15.8. The minimum atomic E-state index is 0.261. The quantitative estimate of drug-likeness (QED) is 0.863. The predicted molar refractivity (Wildman–Crippen MR) is 88.9 cm³/mol. The van der Waals surface area contributed by atoms with E-state index >= 15 is 0 Å². The second-order valence-corrected chi connectivity index (χ2v) is 7.36.